The van der Waals surface area contributed by atoms with Gasteiger partial charge >= 0.3 is 0 Å². The van der Waals surface area contributed by atoms with E-state index in [9.17, 15) is 0 Å². The van der Waals surface area contributed by atoms with Crippen molar-refractivity contribution in [1.82, 2.24) is 10.6 Å². The third kappa shape index (κ3) is 8.03. The lowest BCUT2D eigenvalue weighted by Crippen LogP contribution is -2.39. The highest BCUT2D eigenvalue weighted by Crippen LogP contribution is 2.43. The Labute approximate surface area is 366 Å². The van der Waals surface area contributed by atoms with E-state index in [1.165, 1.54) is 31.3 Å². The lowest BCUT2D eigenvalue weighted by atomic mass is 9.90. The largest absolute Gasteiger partial charge is 0.383 e. The predicted molar refractivity (Wildman–Crippen MR) is 263 cm³/mol. The van der Waals surface area contributed by atoms with E-state index in [0.29, 0.717) is 5.84 Å². The highest BCUT2D eigenvalue weighted by molar-refractivity contribution is 7.25. The maximum Gasteiger partial charge on any atom is 0.131 e. The molecule has 2 unspecified atom stereocenters. The van der Waals surface area contributed by atoms with Crippen LogP contribution in [0.25, 0.3) is 59.4 Å². The zero-order chi connectivity index (χ0) is 41.8. The number of rotatable bonds is 10. The molecule has 2 heterocycles. The molecule has 0 aliphatic carbocycles. The van der Waals surface area contributed by atoms with Crippen LogP contribution in [-0.2, 0) is 0 Å². The molecule has 62 heavy (non-hydrogen) atoms. The topological polar surface area (TPSA) is 62.4 Å². The van der Waals surface area contributed by atoms with E-state index in [-0.39, 0.29) is 12.2 Å². The van der Waals surface area contributed by atoms with Gasteiger partial charge in [0.15, 0.2) is 0 Å². The Morgan fingerprint density at radius 1 is 0.532 bits per heavy atom. The lowest BCUT2D eigenvalue weighted by Gasteiger charge is -2.33. The normalized spacial score (nSPS) is 15.6. The molecule has 8 aromatic carbocycles. The smallest absolute Gasteiger partial charge is 0.131 e. The van der Waals surface area contributed by atoms with E-state index in [0.717, 1.165) is 61.5 Å². The monoisotopic (exact) mass is 816 g/mol. The van der Waals surface area contributed by atoms with Crippen molar-refractivity contribution in [2.45, 2.75) is 12.2 Å². The average molecular weight is 817 g/mol. The third-order valence-electron chi connectivity index (χ3n) is 11.5. The zero-order valence-electron chi connectivity index (χ0n) is 34.1. The summed E-state index contributed by atoms with van der Waals surface area (Å²) in [5.74, 6) is 0.444. The van der Waals surface area contributed by atoms with Crippen molar-refractivity contribution in [3.63, 3.8) is 0 Å². The number of nitrogens with one attached hydrogen (secondary N) is 2. The molecule has 298 valence electrons. The van der Waals surface area contributed by atoms with Crippen LogP contribution in [0.15, 0.2) is 230 Å². The maximum atomic E-state index is 6.71. The molecule has 0 saturated heterocycles. The minimum atomic E-state index is -0.0505. The molecule has 0 fully saturated rings. The Balaban J connectivity index is 1.08. The number of amidine groups is 1. The van der Waals surface area contributed by atoms with Crippen LogP contribution in [0.2, 0.25) is 0 Å². The van der Waals surface area contributed by atoms with Gasteiger partial charge in [-0.05, 0) is 86.5 Å². The number of benzene rings is 8. The van der Waals surface area contributed by atoms with Gasteiger partial charge in [-0.1, -0.05) is 189 Å². The van der Waals surface area contributed by atoms with Crippen molar-refractivity contribution < 1.29 is 0 Å². The molecule has 0 radical (unpaired) electrons. The highest BCUT2D eigenvalue weighted by atomic mass is 32.1. The van der Waals surface area contributed by atoms with Gasteiger partial charge in [0.05, 0.1) is 11.7 Å². The molecule has 0 spiro atoms. The van der Waals surface area contributed by atoms with Gasteiger partial charge in [-0.3, -0.25) is 5.32 Å². The number of fused-ring (bicyclic) bond motifs is 3. The fraction of sp³-hybridized carbons (Fsp3) is 0.0351. The molecule has 1 aliphatic heterocycles. The van der Waals surface area contributed by atoms with Crippen LogP contribution < -0.4 is 16.4 Å². The van der Waals surface area contributed by atoms with E-state index in [2.05, 4.69) is 181 Å². The van der Waals surface area contributed by atoms with Gasteiger partial charge in [-0.2, -0.15) is 0 Å². The summed E-state index contributed by atoms with van der Waals surface area (Å²) in [6.45, 7) is 4.44. The number of thiophene rings is 1. The molecule has 2 atom stereocenters. The second-order valence-electron chi connectivity index (χ2n) is 15.6. The first-order valence-corrected chi connectivity index (χ1v) is 21.7. The first-order chi connectivity index (χ1) is 30.5. The van der Waals surface area contributed by atoms with Gasteiger partial charge in [-0.25, -0.2) is 4.99 Å². The Bertz CT molecular complexity index is 3130. The number of nitrogens with zero attached hydrogens (tertiary/aromatic N) is 1. The van der Waals surface area contributed by atoms with Crippen LogP contribution in [0.4, 0.5) is 0 Å². The minimum absolute atomic E-state index is 0.0432. The lowest BCUT2D eigenvalue weighted by molar-refractivity contribution is 0.442. The maximum absolute atomic E-state index is 6.71. The van der Waals surface area contributed by atoms with Crippen molar-refractivity contribution in [3.8, 4) is 22.3 Å². The fourth-order valence-corrected chi connectivity index (χ4v) is 9.43. The summed E-state index contributed by atoms with van der Waals surface area (Å²) in [7, 11) is 0. The van der Waals surface area contributed by atoms with Crippen molar-refractivity contribution >= 4 is 54.3 Å². The number of hydrogen-bond acceptors (Lipinski definition) is 4. The van der Waals surface area contributed by atoms with E-state index in [1.54, 1.807) is 0 Å². The number of nitrogens with two attached hydrogens (primary N) is 1. The van der Waals surface area contributed by atoms with Crippen molar-refractivity contribution in [1.29, 1.82) is 0 Å². The summed E-state index contributed by atoms with van der Waals surface area (Å²) < 4.78 is 2.52. The molecule has 1 aliphatic rings. The van der Waals surface area contributed by atoms with Crippen molar-refractivity contribution in [2.75, 3.05) is 0 Å². The van der Waals surface area contributed by atoms with E-state index < -0.39 is 0 Å². The second kappa shape index (κ2) is 17.2. The van der Waals surface area contributed by atoms with Crippen LogP contribution in [0.5, 0.6) is 0 Å². The standard InChI is InChI=1S/C57H44N4S/c1-38(39-17-6-2-7-18-39)33-51(59-56(58)43-21-10-4-11-22-43)46-26-16-25-45(34-46)49-36-55-50(47-27-14-15-28-54(47)62-55)35-48(49)40-29-31-42(32-30-40)53-37-52(41-19-8-3-9-20-41)60-57(61-53)44-23-12-5-13-24-44/h2-37,52,57,60-61H,1H2,(H2,58,59)/b51-33-. The molecule has 4 N–H and O–H groups in total. The SMILES string of the molecule is C=C(/C=C(\N=C(N)c1ccccc1)c1cccc(-c2cc3sc4ccccc4c3cc2-c2ccc(C3=CC(c4ccccc4)NC(c4ccccc4)N3)cc2)c1)c1ccccc1. The molecule has 0 bridgehead atoms. The molecule has 0 saturated carbocycles. The van der Waals surface area contributed by atoms with Crippen LogP contribution in [-0.4, -0.2) is 5.84 Å². The van der Waals surface area contributed by atoms with Gasteiger partial charge in [0.2, 0.25) is 0 Å². The van der Waals surface area contributed by atoms with Gasteiger partial charge in [0, 0.05) is 37.0 Å². The zero-order valence-corrected chi connectivity index (χ0v) is 34.9. The average Bonchev–Trinajstić information content (AvgIpc) is 3.72. The molecular formula is C57H44N4S. The summed E-state index contributed by atoms with van der Waals surface area (Å²) in [6.07, 6.45) is 4.28. The summed E-state index contributed by atoms with van der Waals surface area (Å²) in [4.78, 5) is 5.06. The van der Waals surface area contributed by atoms with Crippen molar-refractivity contribution in [3.05, 3.63) is 258 Å². The molecule has 10 rings (SSSR count). The van der Waals surface area contributed by atoms with E-state index in [4.69, 9.17) is 10.7 Å². The highest BCUT2D eigenvalue weighted by Gasteiger charge is 2.24. The van der Waals surface area contributed by atoms with Crippen LogP contribution in [0, 0.1) is 0 Å². The number of aliphatic imine (C=N–C) groups is 1. The molecule has 0 amide bonds. The van der Waals surface area contributed by atoms with Crippen molar-refractivity contribution in [2.24, 2.45) is 10.7 Å². The number of allylic oxidation sites excluding steroid dienone is 2. The second-order valence-corrected chi connectivity index (χ2v) is 16.6. The summed E-state index contributed by atoms with van der Waals surface area (Å²) >= 11 is 1.83. The summed E-state index contributed by atoms with van der Waals surface area (Å²) in [5, 5.41) is 10.1. The Morgan fingerprint density at radius 2 is 1.13 bits per heavy atom. The molecular weight excluding hydrogens is 773 g/mol. The molecule has 1 aromatic heterocycles. The first kappa shape index (κ1) is 38.6. The van der Waals surface area contributed by atoms with Gasteiger partial charge in [0.1, 0.15) is 12.0 Å². The summed E-state index contributed by atoms with van der Waals surface area (Å²) in [5.41, 5.74) is 20.3. The Kier molecular flexibility index (Phi) is 10.7. The van der Waals surface area contributed by atoms with Crippen LogP contribution in [0.1, 0.15) is 45.6 Å². The quantitative estimate of drug-likeness (QED) is 0.0732. The van der Waals surface area contributed by atoms with E-state index >= 15 is 0 Å². The first-order valence-electron chi connectivity index (χ1n) is 20.9. The van der Waals surface area contributed by atoms with Crippen LogP contribution in [0.3, 0.4) is 0 Å². The fourth-order valence-electron chi connectivity index (χ4n) is 8.31. The van der Waals surface area contributed by atoms with Crippen LogP contribution >= 0.6 is 11.3 Å². The van der Waals surface area contributed by atoms with Gasteiger partial charge in [-0.15, -0.1) is 11.3 Å². The van der Waals surface area contributed by atoms with E-state index in [1.807, 2.05) is 65.9 Å². The van der Waals surface area contributed by atoms with Gasteiger partial charge < -0.3 is 11.1 Å². The third-order valence-corrected chi connectivity index (χ3v) is 12.7. The molecule has 4 nitrogen and oxygen atoms in total. The Morgan fingerprint density at radius 3 is 1.85 bits per heavy atom. The Hall–Kier alpha value is -7.57. The summed E-state index contributed by atoms with van der Waals surface area (Å²) in [6, 6.07) is 72.5. The number of hydrogen-bond donors (Lipinski definition) is 3. The molecule has 9 aromatic rings. The minimum Gasteiger partial charge on any atom is -0.383 e. The molecule has 5 heteroatoms. The van der Waals surface area contributed by atoms with Gasteiger partial charge in [0.25, 0.3) is 0 Å². The predicted octanol–water partition coefficient (Wildman–Crippen LogP) is 13.8.